The van der Waals surface area contributed by atoms with E-state index in [1.165, 1.54) is 0 Å². The Labute approximate surface area is 130 Å². The molecule has 0 aromatic heterocycles. The van der Waals surface area contributed by atoms with Crippen molar-refractivity contribution in [1.82, 2.24) is 0 Å². The van der Waals surface area contributed by atoms with E-state index in [1.807, 2.05) is 0 Å². The second-order valence-corrected chi connectivity index (χ2v) is 4.72. The first-order chi connectivity index (χ1) is 10.9. The van der Waals surface area contributed by atoms with Gasteiger partial charge in [-0.1, -0.05) is 0 Å². The lowest BCUT2D eigenvalue weighted by Crippen LogP contribution is -2.03. The number of aryl methyl sites for hydroxylation is 1. The number of aliphatic hydroxyl groups is 1. The van der Waals surface area contributed by atoms with Crippen LogP contribution in [0, 0.1) is 28.7 Å². The van der Waals surface area contributed by atoms with Gasteiger partial charge in [0.15, 0.2) is 11.6 Å². The zero-order valence-corrected chi connectivity index (χ0v) is 12.2. The Hall–Kier alpha value is -2.74. The normalized spacial score (nSPS) is 10.4. The summed E-state index contributed by atoms with van der Waals surface area (Å²) in [5.74, 6) is -1.58. The summed E-state index contributed by atoms with van der Waals surface area (Å²) in [6.07, 6.45) is 0. The molecule has 23 heavy (non-hydrogen) atoms. The number of non-ortho nitro benzene ring substituents is 1. The molecule has 0 aliphatic carbocycles. The van der Waals surface area contributed by atoms with Gasteiger partial charge in [0.1, 0.15) is 18.0 Å². The number of anilines is 2. The Balaban J connectivity index is 2.26. The lowest BCUT2D eigenvalue weighted by atomic mass is 10.2. The summed E-state index contributed by atoms with van der Waals surface area (Å²) in [5, 5.41) is 21.8. The topological polar surface area (TPSA) is 84.6 Å². The molecule has 2 N–H and O–H groups in total. The first kappa shape index (κ1) is 16.6. The smallest absolute Gasteiger partial charge is 0.275 e. The fourth-order valence-electron chi connectivity index (χ4n) is 1.97. The number of halogens is 2. The highest BCUT2D eigenvalue weighted by molar-refractivity contribution is 5.64. The van der Waals surface area contributed by atoms with Crippen molar-refractivity contribution in [2.24, 2.45) is 0 Å². The Morgan fingerprint density at radius 1 is 1.26 bits per heavy atom. The van der Waals surface area contributed by atoms with Crippen molar-refractivity contribution < 1.29 is 23.5 Å². The molecule has 0 radical (unpaired) electrons. The Kier molecular flexibility index (Phi) is 5.07. The van der Waals surface area contributed by atoms with Crippen molar-refractivity contribution in [2.45, 2.75) is 6.92 Å². The largest absolute Gasteiger partial charge is 0.491 e. The number of ether oxygens (including phenoxy) is 1. The summed E-state index contributed by atoms with van der Waals surface area (Å²) in [4.78, 5) is 9.70. The summed E-state index contributed by atoms with van der Waals surface area (Å²) in [6.45, 7) is 1.75. The van der Waals surface area contributed by atoms with Gasteiger partial charge < -0.3 is 15.2 Å². The van der Waals surface area contributed by atoms with E-state index in [-0.39, 0.29) is 13.2 Å². The van der Waals surface area contributed by atoms with Crippen LogP contribution in [0.15, 0.2) is 30.3 Å². The first-order valence-electron chi connectivity index (χ1n) is 6.67. The zero-order valence-electron chi connectivity index (χ0n) is 12.2. The molecule has 6 nitrogen and oxygen atoms in total. The number of benzene rings is 2. The van der Waals surface area contributed by atoms with Gasteiger partial charge >= 0.3 is 0 Å². The van der Waals surface area contributed by atoms with E-state index in [2.05, 4.69) is 5.32 Å². The number of nitro benzene ring substituents is 1. The highest BCUT2D eigenvalue weighted by Crippen LogP contribution is 2.29. The minimum Gasteiger partial charge on any atom is -0.491 e. The molecule has 8 heteroatoms. The van der Waals surface area contributed by atoms with Crippen molar-refractivity contribution >= 4 is 17.1 Å². The molecule has 0 aliphatic heterocycles. The summed E-state index contributed by atoms with van der Waals surface area (Å²) >= 11 is 0. The van der Waals surface area contributed by atoms with E-state index in [0.717, 1.165) is 0 Å². The van der Waals surface area contributed by atoms with Gasteiger partial charge in [0.2, 0.25) is 0 Å². The van der Waals surface area contributed by atoms with Gasteiger partial charge in [0, 0.05) is 5.69 Å². The molecule has 0 unspecified atom stereocenters. The standard InChI is InChI=1S/C15H14F2N2O4/c1-9-6-10(2-3-14(9)23-5-4-20)18-15-12(16)7-11(19(21)22)8-13(15)17/h2-3,6-8,18,20H,4-5H2,1H3. The number of hydrogen-bond donors (Lipinski definition) is 2. The third kappa shape index (κ3) is 3.92. The van der Waals surface area contributed by atoms with Crippen LogP contribution >= 0.6 is 0 Å². The van der Waals surface area contributed by atoms with Crippen LogP contribution in [0.1, 0.15) is 5.56 Å². The number of nitrogens with one attached hydrogen (secondary N) is 1. The molecular formula is C15H14F2N2O4. The zero-order chi connectivity index (χ0) is 17.0. The van der Waals surface area contributed by atoms with Crippen LogP contribution in [0.4, 0.5) is 25.8 Å². The Morgan fingerprint density at radius 3 is 2.43 bits per heavy atom. The molecule has 0 fully saturated rings. The number of rotatable bonds is 6. The quantitative estimate of drug-likeness (QED) is 0.629. The van der Waals surface area contributed by atoms with Crippen LogP contribution in [-0.2, 0) is 0 Å². The second-order valence-electron chi connectivity index (χ2n) is 4.72. The molecule has 0 saturated heterocycles. The van der Waals surface area contributed by atoms with Crippen LogP contribution in [0.25, 0.3) is 0 Å². The van der Waals surface area contributed by atoms with Crippen LogP contribution in [0.2, 0.25) is 0 Å². The molecule has 0 saturated carbocycles. The lowest BCUT2D eigenvalue weighted by molar-refractivity contribution is -0.385. The molecule has 122 valence electrons. The van der Waals surface area contributed by atoms with Gasteiger partial charge in [-0.15, -0.1) is 0 Å². The average molecular weight is 324 g/mol. The molecule has 0 atom stereocenters. The van der Waals surface area contributed by atoms with Crippen LogP contribution in [-0.4, -0.2) is 23.2 Å². The monoisotopic (exact) mass is 324 g/mol. The minimum absolute atomic E-state index is 0.126. The van der Waals surface area contributed by atoms with Gasteiger partial charge in [0.25, 0.3) is 5.69 Å². The first-order valence-corrected chi connectivity index (χ1v) is 6.67. The molecule has 0 aliphatic rings. The summed E-state index contributed by atoms with van der Waals surface area (Å²) in [7, 11) is 0. The minimum atomic E-state index is -1.06. The van der Waals surface area contributed by atoms with Crippen molar-refractivity contribution in [1.29, 1.82) is 0 Å². The molecule has 0 heterocycles. The predicted molar refractivity (Wildman–Crippen MR) is 80.1 cm³/mol. The highest BCUT2D eigenvalue weighted by Gasteiger charge is 2.17. The fraction of sp³-hybridized carbons (Fsp3) is 0.200. The van der Waals surface area contributed by atoms with Crippen molar-refractivity contribution in [2.75, 3.05) is 18.5 Å². The van der Waals surface area contributed by atoms with E-state index in [4.69, 9.17) is 9.84 Å². The van der Waals surface area contributed by atoms with E-state index in [9.17, 15) is 18.9 Å². The number of nitro groups is 1. The molecule has 0 bridgehead atoms. The summed E-state index contributed by atoms with van der Waals surface area (Å²) < 4.78 is 33.0. The van der Waals surface area contributed by atoms with Crippen molar-refractivity contribution in [3.63, 3.8) is 0 Å². The summed E-state index contributed by atoms with van der Waals surface area (Å²) in [6, 6.07) is 6.04. The predicted octanol–water partition coefficient (Wildman–Crippen LogP) is 3.30. The molecule has 0 amide bonds. The SMILES string of the molecule is Cc1cc(Nc2c(F)cc([N+](=O)[O-])cc2F)ccc1OCCO. The molecule has 2 aromatic carbocycles. The van der Waals surface area contributed by atoms with Crippen molar-refractivity contribution in [3.8, 4) is 5.75 Å². The van der Waals surface area contributed by atoms with Crippen LogP contribution in [0.3, 0.4) is 0 Å². The maximum absolute atomic E-state index is 13.8. The lowest BCUT2D eigenvalue weighted by Gasteiger charge is -2.12. The van der Waals surface area contributed by atoms with Gasteiger partial charge in [-0.2, -0.15) is 0 Å². The van der Waals surface area contributed by atoms with Gasteiger partial charge in [-0.05, 0) is 30.7 Å². The highest BCUT2D eigenvalue weighted by atomic mass is 19.1. The van der Waals surface area contributed by atoms with Crippen LogP contribution < -0.4 is 10.1 Å². The third-order valence-electron chi connectivity index (χ3n) is 3.03. The average Bonchev–Trinajstić information content (AvgIpc) is 2.49. The van der Waals surface area contributed by atoms with E-state index in [1.54, 1.807) is 25.1 Å². The Bertz CT molecular complexity index is 714. The third-order valence-corrected chi connectivity index (χ3v) is 3.03. The van der Waals surface area contributed by atoms with E-state index >= 15 is 0 Å². The number of hydrogen-bond acceptors (Lipinski definition) is 5. The number of aliphatic hydroxyl groups excluding tert-OH is 1. The summed E-state index contributed by atoms with van der Waals surface area (Å²) in [5.41, 5.74) is -0.0369. The van der Waals surface area contributed by atoms with E-state index < -0.39 is 27.9 Å². The maximum atomic E-state index is 13.8. The maximum Gasteiger partial charge on any atom is 0.275 e. The molecule has 0 spiro atoms. The molecule has 2 rings (SSSR count). The van der Waals surface area contributed by atoms with Gasteiger partial charge in [-0.25, -0.2) is 8.78 Å². The second kappa shape index (κ2) is 7.01. The Morgan fingerprint density at radius 2 is 1.91 bits per heavy atom. The number of nitrogens with zero attached hydrogens (tertiary/aromatic N) is 1. The molecular weight excluding hydrogens is 310 g/mol. The van der Waals surface area contributed by atoms with Crippen LogP contribution in [0.5, 0.6) is 5.75 Å². The fourth-order valence-corrected chi connectivity index (χ4v) is 1.97. The van der Waals surface area contributed by atoms with Gasteiger partial charge in [-0.3, -0.25) is 10.1 Å². The van der Waals surface area contributed by atoms with E-state index in [0.29, 0.717) is 29.1 Å². The molecule has 2 aromatic rings. The van der Waals surface area contributed by atoms with Crippen molar-refractivity contribution in [3.05, 3.63) is 57.6 Å². The van der Waals surface area contributed by atoms with Gasteiger partial charge in [0.05, 0.1) is 23.7 Å².